The van der Waals surface area contributed by atoms with Crippen LogP contribution in [0.2, 0.25) is 0 Å². The molecule has 0 radical (unpaired) electrons. The molecule has 3 aromatic rings. The molecular formula is C18H17N5O3. The molecule has 132 valence electrons. The van der Waals surface area contributed by atoms with Crippen LogP contribution >= 0.6 is 0 Å². The Morgan fingerprint density at radius 3 is 2.31 bits per heavy atom. The second kappa shape index (κ2) is 7.56. The average Bonchev–Trinajstić information content (AvgIpc) is 3.21. The number of amides is 1. The topological polar surface area (TPSA) is 90.2 Å². The number of aromatic nitrogens is 4. The van der Waals surface area contributed by atoms with E-state index >= 15 is 0 Å². The summed E-state index contributed by atoms with van der Waals surface area (Å²) in [5.74, 6) is -0.896. The van der Waals surface area contributed by atoms with Crippen LogP contribution in [0.15, 0.2) is 60.9 Å². The monoisotopic (exact) mass is 351 g/mol. The molecule has 0 unspecified atom stereocenters. The van der Waals surface area contributed by atoms with Crippen molar-refractivity contribution >= 4 is 11.9 Å². The highest BCUT2D eigenvalue weighted by Crippen LogP contribution is 2.21. The number of carbonyl (C=O) groups excluding carboxylic acids is 2. The lowest BCUT2D eigenvalue weighted by molar-refractivity contribution is -0.138. The second-order valence-corrected chi connectivity index (χ2v) is 5.73. The Balaban J connectivity index is 1.80. The first-order valence-corrected chi connectivity index (χ1v) is 7.87. The van der Waals surface area contributed by atoms with Gasteiger partial charge in [0.05, 0.1) is 11.3 Å². The molecule has 2 aromatic carbocycles. The van der Waals surface area contributed by atoms with Crippen molar-refractivity contribution in [2.24, 2.45) is 0 Å². The largest absolute Gasteiger partial charge is 0.444 e. The van der Waals surface area contributed by atoms with E-state index < -0.39 is 12.1 Å². The molecule has 0 aliphatic rings. The van der Waals surface area contributed by atoms with Crippen molar-refractivity contribution in [2.45, 2.75) is 6.10 Å². The molecule has 8 nitrogen and oxygen atoms in total. The smallest absolute Gasteiger partial charge is 0.339 e. The zero-order chi connectivity index (χ0) is 18.5. The fraction of sp³-hybridized carbons (Fsp3) is 0.167. The molecule has 26 heavy (non-hydrogen) atoms. The number of carbonyl (C=O) groups is 2. The lowest BCUT2D eigenvalue weighted by Crippen LogP contribution is -2.31. The van der Waals surface area contributed by atoms with Gasteiger partial charge in [0.25, 0.3) is 5.91 Å². The average molecular weight is 351 g/mol. The normalized spacial score (nSPS) is 11.6. The van der Waals surface area contributed by atoms with Gasteiger partial charge in [-0.05, 0) is 34.7 Å². The second-order valence-electron chi connectivity index (χ2n) is 5.73. The molecule has 0 N–H and O–H groups in total. The number of benzene rings is 2. The summed E-state index contributed by atoms with van der Waals surface area (Å²) in [4.78, 5) is 26.4. The Hall–Kier alpha value is -3.55. The lowest BCUT2D eigenvalue weighted by Gasteiger charge is -2.21. The van der Waals surface area contributed by atoms with Gasteiger partial charge < -0.3 is 9.64 Å². The van der Waals surface area contributed by atoms with E-state index in [1.165, 1.54) is 15.9 Å². The molecule has 3 rings (SSSR count). The zero-order valence-electron chi connectivity index (χ0n) is 14.3. The minimum absolute atomic E-state index is 0.310. The minimum atomic E-state index is -1.00. The van der Waals surface area contributed by atoms with Gasteiger partial charge in [0, 0.05) is 19.7 Å². The van der Waals surface area contributed by atoms with E-state index in [1.54, 1.807) is 62.6 Å². The lowest BCUT2D eigenvalue weighted by atomic mass is 10.1. The summed E-state index contributed by atoms with van der Waals surface area (Å²) < 4.78 is 6.97. The molecule has 1 aromatic heterocycles. The minimum Gasteiger partial charge on any atom is -0.444 e. The fourth-order valence-electron chi connectivity index (χ4n) is 2.33. The molecule has 0 bridgehead atoms. The molecule has 1 heterocycles. The van der Waals surface area contributed by atoms with Crippen LogP contribution in [0.3, 0.4) is 0 Å². The third kappa shape index (κ3) is 3.75. The van der Waals surface area contributed by atoms with Crippen LogP contribution in [0.5, 0.6) is 0 Å². The number of likely N-dealkylation sites (N-methyl/N-ethyl adjacent to an activating group) is 1. The number of ether oxygens (including phenoxy) is 1. The predicted octanol–water partition coefficient (Wildman–Crippen LogP) is 1.65. The Labute approximate surface area is 150 Å². The van der Waals surface area contributed by atoms with Crippen LogP contribution in [-0.4, -0.2) is 51.1 Å². The van der Waals surface area contributed by atoms with E-state index in [1.807, 2.05) is 6.07 Å². The van der Waals surface area contributed by atoms with Gasteiger partial charge in [0.2, 0.25) is 6.10 Å². The van der Waals surface area contributed by atoms with Crippen molar-refractivity contribution in [1.29, 1.82) is 0 Å². The van der Waals surface area contributed by atoms with Gasteiger partial charge in [-0.25, -0.2) is 9.48 Å². The molecular weight excluding hydrogens is 334 g/mol. The Kier molecular flexibility index (Phi) is 5.02. The Bertz CT molecular complexity index is 877. The summed E-state index contributed by atoms with van der Waals surface area (Å²) in [6, 6.07) is 15.5. The van der Waals surface area contributed by atoms with Gasteiger partial charge in [0.1, 0.15) is 6.33 Å². The molecule has 8 heteroatoms. The Morgan fingerprint density at radius 2 is 1.73 bits per heavy atom. The van der Waals surface area contributed by atoms with Crippen molar-refractivity contribution in [3.8, 4) is 5.69 Å². The van der Waals surface area contributed by atoms with E-state index in [4.69, 9.17) is 4.74 Å². The highest BCUT2D eigenvalue weighted by atomic mass is 16.5. The van der Waals surface area contributed by atoms with Crippen molar-refractivity contribution < 1.29 is 14.3 Å². The van der Waals surface area contributed by atoms with E-state index in [0.29, 0.717) is 16.8 Å². The number of hydrogen-bond donors (Lipinski definition) is 0. The quantitative estimate of drug-likeness (QED) is 0.649. The maximum Gasteiger partial charge on any atom is 0.339 e. The van der Waals surface area contributed by atoms with Gasteiger partial charge in [-0.1, -0.05) is 30.3 Å². The molecule has 1 amide bonds. The molecule has 1 atom stereocenters. The van der Waals surface area contributed by atoms with Gasteiger partial charge in [0.15, 0.2) is 0 Å². The molecule has 0 saturated carbocycles. The maximum absolute atomic E-state index is 12.5. The van der Waals surface area contributed by atoms with Crippen LogP contribution in [-0.2, 0) is 9.53 Å². The van der Waals surface area contributed by atoms with Gasteiger partial charge in [-0.3, -0.25) is 4.79 Å². The predicted molar refractivity (Wildman–Crippen MR) is 92.4 cm³/mol. The standard InChI is InChI=1S/C18H17N5O3/c1-22(2)17(24)16(13-6-4-3-5-7-13)26-18(25)14-8-10-15(11-9-14)23-12-19-20-21-23/h3-12,16H,1-2H3/t16-/m1/s1. The van der Waals surface area contributed by atoms with E-state index in [9.17, 15) is 9.59 Å². The molecule has 0 spiro atoms. The van der Waals surface area contributed by atoms with Gasteiger partial charge >= 0.3 is 5.97 Å². The third-order valence-corrected chi connectivity index (χ3v) is 3.71. The van der Waals surface area contributed by atoms with Crippen molar-refractivity contribution in [2.75, 3.05) is 14.1 Å². The van der Waals surface area contributed by atoms with Gasteiger partial charge in [-0.15, -0.1) is 5.10 Å². The Morgan fingerprint density at radius 1 is 1.04 bits per heavy atom. The number of tetrazole rings is 1. The number of esters is 1. The SMILES string of the molecule is CN(C)C(=O)[C@H](OC(=O)c1ccc(-n2cnnn2)cc1)c1ccccc1. The first-order chi connectivity index (χ1) is 12.6. The highest BCUT2D eigenvalue weighted by molar-refractivity contribution is 5.92. The molecule has 0 fully saturated rings. The van der Waals surface area contributed by atoms with Gasteiger partial charge in [-0.2, -0.15) is 0 Å². The number of nitrogens with zero attached hydrogens (tertiary/aromatic N) is 5. The zero-order valence-corrected chi connectivity index (χ0v) is 14.3. The van der Waals surface area contributed by atoms with Crippen LogP contribution in [0.25, 0.3) is 5.69 Å². The first-order valence-electron chi connectivity index (χ1n) is 7.87. The van der Waals surface area contributed by atoms with Crippen LogP contribution in [0.1, 0.15) is 22.0 Å². The summed E-state index contributed by atoms with van der Waals surface area (Å²) >= 11 is 0. The summed E-state index contributed by atoms with van der Waals surface area (Å²) in [5.41, 5.74) is 1.65. The van der Waals surface area contributed by atoms with Crippen LogP contribution < -0.4 is 0 Å². The maximum atomic E-state index is 12.5. The van der Waals surface area contributed by atoms with E-state index in [0.717, 1.165) is 0 Å². The summed E-state index contributed by atoms with van der Waals surface area (Å²) in [6.07, 6.45) is 0.451. The molecule has 0 saturated heterocycles. The highest BCUT2D eigenvalue weighted by Gasteiger charge is 2.26. The van der Waals surface area contributed by atoms with Crippen LogP contribution in [0, 0.1) is 0 Å². The van der Waals surface area contributed by atoms with Crippen molar-refractivity contribution in [3.05, 3.63) is 72.1 Å². The van der Waals surface area contributed by atoms with E-state index in [2.05, 4.69) is 15.5 Å². The molecule has 0 aliphatic carbocycles. The first kappa shape index (κ1) is 17.3. The third-order valence-electron chi connectivity index (χ3n) is 3.71. The number of hydrogen-bond acceptors (Lipinski definition) is 6. The number of rotatable bonds is 5. The summed E-state index contributed by atoms with van der Waals surface area (Å²) in [6.45, 7) is 0. The van der Waals surface area contributed by atoms with Crippen molar-refractivity contribution in [1.82, 2.24) is 25.1 Å². The summed E-state index contributed by atoms with van der Waals surface area (Å²) in [5, 5.41) is 10.9. The van der Waals surface area contributed by atoms with Crippen LogP contribution in [0.4, 0.5) is 0 Å². The van der Waals surface area contributed by atoms with Crippen molar-refractivity contribution in [3.63, 3.8) is 0 Å². The summed E-state index contributed by atoms with van der Waals surface area (Å²) in [7, 11) is 3.24. The fourth-order valence-corrected chi connectivity index (χ4v) is 2.33. The molecule has 0 aliphatic heterocycles. The van der Waals surface area contributed by atoms with E-state index in [-0.39, 0.29) is 5.91 Å².